The second kappa shape index (κ2) is 7.13. The summed E-state index contributed by atoms with van der Waals surface area (Å²) in [4.78, 5) is 33.4. The van der Waals surface area contributed by atoms with Crippen molar-refractivity contribution in [1.29, 1.82) is 0 Å². The predicted octanol–water partition coefficient (Wildman–Crippen LogP) is -0.917. The van der Waals surface area contributed by atoms with E-state index in [0.717, 1.165) is 11.3 Å². The number of carbonyl (C=O) groups is 3. The van der Waals surface area contributed by atoms with Crippen molar-refractivity contribution in [3.8, 4) is 5.75 Å². The molecule has 0 fully saturated rings. The Morgan fingerprint density at radius 3 is 2.15 bits per heavy atom. The molecule has 0 atom stereocenters. The fourth-order valence-electron chi connectivity index (χ4n) is 1.57. The summed E-state index contributed by atoms with van der Waals surface area (Å²) in [5, 5.41) is 2.20. The normalized spacial score (nSPS) is 10.1. The van der Waals surface area contributed by atoms with Crippen molar-refractivity contribution in [2.45, 2.75) is 18.9 Å². The van der Waals surface area contributed by atoms with Gasteiger partial charge < -0.3 is 21.5 Å². The number of hydrogen-bond acceptors (Lipinski definition) is 4. The predicted molar refractivity (Wildman–Crippen MR) is 71.6 cm³/mol. The molecule has 0 heterocycles. The SMILES string of the molecule is COc1ccc(CCC(=O)NC(C(N)=O)C(N)=O)cc1. The van der Waals surface area contributed by atoms with Crippen LogP contribution in [0.1, 0.15) is 12.0 Å². The summed E-state index contributed by atoms with van der Waals surface area (Å²) in [5.41, 5.74) is 10.8. The number of primary amides is 2. The van der Waals surface area contributed by atoms with Gasteiger partial charge in [0.15, 0.2) is 6.04 Å². The summed E-state index contributed by atoms with van der Waals surface area (Å²) in [7, 11) is 1.57. The summed E-state index contributed by atoms with van der Waals surface area (Å²) in [6.45, 7) is 0. The van der Waals surface area contributed by atoms with Crippen molar-refractivity contribution >= 4 is 17.7 Å². The van der Waals surface area contributed by atoms with Gasteiger partial charge in [-0.25, -0.2) is 0 Å². The Hall–Kier alpha value is -2.57. The van der Waals surface area contributed by atoms with Crippen LogP contribution >= 0.6 is 0 Å². The largest absolute Gasteiger partial charge is 0.497 e. The van der Waals surface area contributed by atoms with Crippen LogP contribution in [0.15, 0.2) is 24.3 Å². The second-order valence-electron chi connectivity index (χ2n) is 4.15. The van der Waals surface area contributed by atoms with Crippen LogP contribution in [0.5, 0.6) is 5.75 Å². The van der Waals surface area contributed by atoms with Gasteiger partial charge in [0.1, 0.15) is 5.75 Å². The number of benzene rings is 1. The van der Waals surface area contributed by atoms with Crippen LogP contribution in [0.4, 0.5) is 0 Å². The average Bonchev–Trinajstić information content (AvgIpc) is 2.42. The van der Waals surface area contributed by atoms with Crippen molar-refractivity contribution in [2.24, 2.45) is 11.5 Å². The highest BCUT2D eigenvalue weighted by Gasteiger charge is 2.23. The van der Waals surface area contributed by atoms with Crippen molar-refractivity contribution in [3.63, 3.8) is 0 Å². The van der Waals surface area contributed by atoms with Gasteiger partial charge in [-0.1, -0.05) is 12.1 Å². The summed E-state index contributed by atoms with van der Waals surface area (Å²) in [5.74, 6) is -1.70. The maximum Gasteiger partial charge on any atom is 0.249 e. The minimum atomic E-state index is -1.47. The van der Waals surface area contributed by atoms with Crippen LogP contribution in [0.25, 0.3) is 0 Å². The molecule has 1 aromatic carbocycles. The maximum atomic E-state index is 11.6. The van der Waals surface area contributed by atoms with Gasteiger partial charge in [-0.05, 0) is 24.1 Å². The smallest absolute Gasteiger partial charge is 0.249 e. The molecule has 0 aliphatic heterocycles. The van der Waals surface area contributed by atoms with Crippen LogP contribution in [-0.4, -0.2) is 30.9 Å². The zero-order valence-corrected chi connectivity index (χ0v) is 11.1. The first-order valence-electron chi connectivity index (χ1n) is 5.95. The van der Waals surface area contributed by atoms with Crippen molar-refractivity contribution in [1.82, 2.24) is 5.32 Å². The molecule has 1 rings (SSSR count). The topological polar surface area (TPSA) is 125 Å². The molecule has 0 bridgehead atoms. The second-order valence-corrected chi connectivity index (χ2v) is 4.15. The number of rotatable bonds is 7. The van der Waals surface area contributed by atoms with E-state index in [1.807, 2.05) is 12.1 Å². The van der Waals surface area contributed by atoms with Gasteiger partial charge >= 0.3 is 0 Å². The molecule has 20 heavy (non-hydrogen) atoms. The lowest BCUT2D eigenvalue weighted by atomic mass is 10.1. The Balaban J connectivity index is 2.50. The molecule has 3 amide bonds. The maximum absolute atomic E-state index is 11.6. The first-order chi connectivity index (χ1) is 9.43. The van der Waals surface area contributed by atoms with E-state index >= 15 is 0 Å². The van der Waals surface area contributed by atoms with Crippen molar-refractivity contribution < 1.29 is 19.1 Å². The lowest BCUT2D eigenvalue weighted by Gasteiger charge is -2.11. The summed E-state index contributed by atoms with van der Waals surface area (Å²) >= 11 is 0. The molecular formula is C13H17N3O4. The van der Waals surface area contributed by atoms with Crippen LogP contribution in [0.2, 0.25) is 0 Å². The highest BCUT2D eigenvalue weighted by Crippen LogP contribution is 2.12. The number of ether oxygens (including phenoxy) is 1. The number of nitrogens with two attached hydrogens (primary N) is 2. The lowest BCUT2D eigenvalue weighted by Crippen LogP contribution is -2.52. The Labute approximate surface area is 116 Å². The van der Waals surface area contributed by atoms with Gasteiger partial charge in [0.25, 0.3) is 0 Å². The minimum Gasteiger partial charge on any atom is -0.497 e. The van der Waals surface area contributed by atoms with E-state index in [4.69, 9.17) is 16.2 Å². The summed E-state index contributed by atoms with van der Waals surface area (Å²) < 4.78 is 5.02. The first-order valence-corrected chi connectivity index (χ1v) is 5.95. The van der Waals surface area contributed by atoms with Crippen molar-refractivity contribution in [3.05, 3.63) is 29.8 Å². The monoisotopic (exact) mass is 279 g/mol. The van der Waals surface area contributed by atoms with Crippen LogP contribution in [0.3, 0.4) is 0 Å². The van der Waals surface area contributed by atoms with Gasteiger partial charge in [0.2, 0.25) is 17.7 Å². The number of nitrogens with one attached hydrogen (secondary N) is 1. The molecule has 0 unspecified atom stereocenters. The van der Waals surface area contributed by atoms with Gasteiger partial charge in [-0.2, -0.15) is 0 Å². The zero-order chi connectivity index (χ0) is 15.1. The third-order valence-electron chi connectivity index (χ3n) is 2.67. The molecule has 0 aliphatic carbocycles. The molecule has 1 aromatic rings. The van der Waals surface area contributed by atoms with E-state index in [1.54, 1.807) is 19.2 Å². The number of methoxy groups -OCH3 is 1. The van der Waals surface area contributed by atoms with Crippen LogP contribution < -0.4 is 21.5 Å². The Morgan fingerprint density at radius 1 is 1.15 bits per heavy atom. The van der Waals surface area contributed by atoms with Crippen LogP contribution in [-0.2, 0) is 20.8 Å². The number of amides is 3. The van der Waals surface area contributed by atoms with E-state index in [0.29, 0.717) is 6.42 Å². The number of aryl methyl sites for hydroxylation is 1. The zero-order valence-electron chi connectivity index (χ0n) is 11.1. The molecule has 108 valence electrons. The Kier molecular flexibility index (Phi) is 5.52. The molecule has 0 aromatic heterocycles. The molecule has 7 nitrogen and oxygen atoms in total. The van der Waals surface area contributed by atoms with E-state index in [-0.39, 0.29) is 6.42 Å². The fourth-order valence-corrected chi connectivity index (χ4v) is 1.57. The molecule has 0 aliphatic rings. The van der Waals surface area contributed by atoms with Gasteiger partial charge in [0, 0.05) is 6.42 Å². The van der Waals surface area contributed by atoms with E-state index in [2.05, 4.69) is 5.32 Å². The van der Waals surface area contributed by atoms with Gasteiger partial charge in [0.05, 0.1) is 7.11 Å². The molecule has 5 N–H and O–H groups in total. The highest BCUT2D eigenvalue weighted by molar-refractivity contribution is 6.05. The Morgan fingerprint density at radius 2 is 1.70 bits per heavy atom. The average molecular weight is 279 g/mol. The minimum absolute atomic E-state index is 0.114. The van der Waals surface area contributed by atoms with Gasteiger partial charge in [-0.15, -0.1) is 0 Å². The first kappa shape index (κ1) is 15.5. The Bertz CT molecular complexity index is 485. The standard InChI is InChI=1S/C13H17N3O4/c1-20-9-5-2-8(3-6-9)4-7-10(17)16-11(12(14)18)13(15)19/h2-3,5-6,11H,4,7H2,1H3,(H2,14,18)(H2,15,19)(H,16,17). The van der Waals surface area contributed by atoms with Crippen LogP contribution in [0, 0.1) is 0 Å². The lowest BCUT2D eigenvalue weighted by molar-refractivity contribution is -0.133. The van der Waals surface area contributed by atoms with E-state index < -0.39 is 23.8 Å². The highest BCUT2D eigenvalue weighted by atomic mass is 16.5. The third kappa shape index (κ3) is 4.60. The quantitative estimate of drug-likeness (QED) is 0.558. The van der Waals surface area contributed by atoms with E-state index in [9.17, 15) is 14.4 Å². The third-order valence-corrected chi connectivity index (χ3v) is 2.67. The molecule has 0 saturated carbocycles. The molecule has 0 saturated heterocycles. The van der Waals surface area contributed by atoms with Gasteiger partial charge in [-0.3, -0.25) is 14.4 Å². The van der Waals surface area contributed by atoms with E-state index in [1.165, 1.54) is 0 Å². The number of carbonyl (C=O) groups excluding carboxylic acids is 3. The molecule has 0 radical (unpaired) electrons. The summed E-state index contributed by atoms with van der Waals surface area (Å²) in [6.07, 6.45) is 0.573. The number of hydrogen-bond donors (Lipinski definition) is 3. The molecule has 7 heteroatoms. The summed E-state index contributed by atoms with van der Waals surface area (Å²) in [6, 6.07) is 5.74. The van der Waals surface area contributed by atoms with Crippen molar-refractivity contribution in [2.75, 3.05) is 7.11 Å². The molecular weight excluding hydrogens is 262 g/mol. The fraction of sp³-hybridized carbons (Fsp3) is 0.308. The molecule has 0 spiro atoms.